The Morgan fingerprint density at radius 3 is 2.50 bits per heavy atom. The molecule has 0 aromatic heterocycles. The van der Waals surface area contributed by atoms with Gasteiger partial charge in [-0.05, 0) is 56.8 Å². The summed E-state index contributed by atoms with van der Waals surface area (Å²) < 4.78 is 11.3. The maximum absolute atomic E-state index is 12.6. The van der Waals surface area contributed by atoms with Gasteiger partial charge in [-0.15, -0.1) is 0 Å². The van der Waals surface area contributed by atoms with Crippen molar-refractivity contribution in [1.29, 1.82) is 0 Å². The standard InChI is InChI=1S/C23H37N3O4/c1-3-19-23(30-21(28)26(19)15-17-5-6-17)8-11-24(12-9-23)18-13-22(14-18)7-10-25(16-22)20(27)29-4-2/h17-19H,3-16H2,1-2H3. The fraction of sp³-hybridized carbons (Fsp3) is 0.913. The highest BCUT2D eigenvalue weighted by Crippen LogP contribution is 2.51. The second-order valence-electron chi connectivity index (χ2n) is 10.4. The molecule has 0 radical (unpaired) electrons. The van der Waals surface area contributed by atoms with Crippen LogP contribution in [0, 0.1) is 11.3 Å². The molecule has 0 N–H and O–H groups in total. The quantitative estimate of drug-likeness (QED) is 0.683. The lowest BCUT2D eigenvalue weighted by Crippen LogP contribution is -2.58. The molecule has 2 amide bonds. The maximum Gasteiger partial charge on any atom is 0.410 e. The number of ether oxygens (including phenoxy) is 2. The number of likely N-dealkylation sites (tertiary alicyclic amines) is 2. The van der Waals surface area contributed by atoms with Gasteiger partial charge in [-0.1, -0.05) is 6.92 Å². The minimum atomic E-state index is -0.271. The number of carbonyl (C=O) groups is 2. The molecule has 1 atom stereocenters. The predicted octanol–water partition coefficient (Wildman–Crippen LogP) is 3.47. The van der Waals surface area contributed by atoms with Crippen molar-refractivity contribution in [1.82, 2.24) is 14.7 Å². The van der Waals surface area contributed by atoms with Gasteiger partial charge in [0.25, 0.3) is 0 Å². The zero-order valence-corrected chi connectivity index (χ0v) is 18.6. The summed E-state index contributed by atoms with van der Waals surface area (Å²) in [4.78, 5) is 31.2. The molecule has 0 aromatic carbocycles. The van der Waals surface area contributed by atoms with Gasteiger partial charge in [0.2, 0.25) is 0 Å². The SMILES string of the molecule is CCOC(=O)N1CCC2(CC(N3CCC4(CC3)OC(=O)N(CC3CC3)C4CC)C2)C1. The Labute approximate surface area is 180 Å². The Morgan fingerprint density at radius 2 is 1.87 bits per heavy atom. The molecule has 5 fully saturated rings. The van der Waals surface area contributed by atoms with Crippen LogP contribution in [0.4, 0.5) is 9.59 Å². The number of hydrogen-bond acceptors (Lipinski definition) is 5. The first-order valence-corrected chi connectivity index (χ1v) is 12.1. The fourth-order valence-corrected chi connectivity index (χ4v) is 6.62. The summed E-state index contributed by atoms with van der Waals surface area (Å²) >= 11 is 0. The Balaban J connectivity index is 1.14. The van der Waals surface area contributed by atoms with Crippen LogP contribution in [0.25, 0.3) is 0 Å². The van der Waals surface area contributed by atoms with Crippen LogP contribution in [0.5, 0.6) is 0 Å². The van der Waals surface area contributed by atoms with Gasteiger partial charge in [0.05, 0.1) is 12.6 Å². The zero-order chi connectivity index (χ0) is 20.9. The molecule has 0 bridgehead atoms. The first-order valence-electron chi connectivity index (χ1n) is 12.1. The first kappa shape index (κ1) is 20.4. The summed E-state index contributed by atoms with van der Waals surface area (Å²) in [5, 5.41) is 0. The molecular formula is C23H37N3O4. The first-order chi connectivity index (χ1) is 14.5. The molecule has 3 aliphatic heterocycles. The van der Waals surface area contributed by atoms with E-state index >= 15 is 0 Å². The highest BCUT2D eigenvalue weighted by atomic mass is 16.6. The van der Waals surface area contributed by atoms with Crippen molar-refractivity contribution in [2.24, 2.45) is 11.3 Å². The molecular weight excluding hydrogens is 382 g/mol. The zero-order valence-electron chi connectivity index (χ0n) is 18.6. The fourth-order valence-electron chi connectivity index (χ4n) is 6.62. The third-order valence-corrected chi connectivity index (χ3v) is 8.51. The van der Waals surface area contributed by atoms with E-state index in [1.807, 2.05) is 16.7 Å². The van der Waals surface area contributed by atoms with Gasteiger partial charge in [-0.3, -0.25) is 0 Å². The van der Waals surface area contributed by atoms with E-state index in [0.717, 1.165) is 58.4 Å². The van der Waals surface area contributed by atoms with Crippen molar-refractivity contribution < 1.29 is 19.1 Å². The van der Waals surface area contributed by atoms with Crippen molar-refractivity contribution in [3.63, 3.8) is 0 Å². The Morgan fingerprint density at radius 1 is 1.13 bits per heavy atom. The van der Waals surface area contributed by atoms with E-state index in [9.17, 15) is 9.59 Å². The van der Waals surface area contributed by atoms with Crippen molar-refractivity contribution in [2.45, 2.75) is 82.9 Å². The smallest absolute Gasteiger partial charge is 0.410 e. The molecule has 2 aliphatic carbocycles. The average molecular weight is 420 g/mol. The van der Waals surface area contributed by atoms with Crippen LogP contribution >= 0.6 is 0 Å². The van der Waals surface area contributed by atoms with Gasteiger partial charge < -0.3 is 24.2 Å². The molecule has 5 aliphatic rings. The van der Waals surface area contributed by atoms with Gasteiger partial charge >= 0.3 is 12.2 Å². The van der Waals surface area contributed by atoms with Gasteiger partial charge in [0.1, 0.15) is 5.60 Å². The molecule has 3 saturated heterocycles. The van der Waals surface area contributed by atoms with Crippen molar-refractivity contribution in [2.75, 3.05) is 39.3 Å². The van der Waals surface area contributed by atoms with Crippen LogP contribution in [-0.2, 0) is 9.47 Å². The molecule has 7 heteroatoms. The molecule has 3 heterocycles. The second kappa shape index (κ2) is 7.57. The van der Waals surface area contributed by atoms with Crippen LogP contribution in [0.15, 0.2) is 0 Å². The molecule has 2 saturated carbocycles. The summed E-state index contributed by atoms with van der Waals surface area (Å²) in [7, 11) is 0. The van der Waals surface area contributed by atoms with E-state index in [0.29, 0.717) is 24.0 Å². The summed E-state index contributed by atoms with van der Waals surface area (Å²) in [6, 6.07) is 0.859. The number of carbonyl (C=O) groups excluding carboxylic acids is 2. The third-order valence-electron chi connectivity index (χ3n) is 8.51. The van der Waals surface area contributed by atoms with Crippen LogP contribution in [0.2, 0.25) is 0 Å². The summed E-state index contributed by atoms with van der Waals surface area (Å²) in [5.74, 6) is 0.702. The molecule has 0 aromatic rings. The number of hydrogen-bond donors (Lipinski definition) is 0. The van der Waals surface area contributed by atoms with Crippen molar-refractivity contribution >= 4 is 12.2 Å². The molecule has 30 heavy (non-hydrogen) atoms. The van der Waals surface area contributed by atoms with E-state index < -0.39 is 0 Å². The van der Waals surface area contributed by atoms with Gasteiger partial charge in [0, 0.05) is 51.6 Å². The molecule has 7 nitrogen and oxygen atoms in total. The molecule has 1 unspecified atom stereocenters. The second-order valence-corrected chi connectivity index (χ2v) is 10.4. The highest BCUT2D eigenvalue weighted by molar-refractivity contribution is 5.71. The van der Waals surface area contributed by atoms with Crippen LogP contribution < -0.4 is 0 Å². The lowest BCUT2D eigenvalue weighted by molar-refractivity contribution is -0.0636. The number of nitrogens with zero attached hydrogens (tertiary/aromatic N) is 3. The highest BCUT2D eigenvalue weighted by Gasteiger charge is 2.57. The van der Waals surface area contributed by atoms with Gasteiger partial charge in [-0.2, -0.15) is 0 Å². The van der Waals surface area contributed by atoms with Gasteiger partial charge in [-0.25, -0.2) is 9.59 Å². The van der Waals surface area contributed by atoms with E-state index in [4.69, 9.17) is 9.47 Å². The molecule has 2 spiro atoms. The van der Waals surface area contributed by atoms with Gasteiger partial charge in [0.15, 0.2) is 0 Å². The third kappa shape index (κ3) is 3.47. The van der Waals surface area contributed by atoms with Crippen molar-refractivity contribution in [3.05, 3.63) is 0 Å². The Kier molecular flexibility index (Phi) is 5.15. The van der Waals surface area contributed by atoms with Crippen LogP contribution in [-0.4, -0.2) is 83.9 Å². The Bertz CT molecular complexity index is 680. The maximum atomic E-state index is 12.6. The topological polar surface area (TPSA) is 62.3 Å². The van der Waals surface area contributed by atoms with Crippen LogP contribution in [0.1, 0.15) is 65.2 Å². The summed E-state index contributed by atoms with van der Waals surface area (Å²) in [5.41, 5.74) is 0.0339. The largest absolute Gasteiger partial charge is 0.450 e. The van der Waals surface area contributed by atoms with E-state index in [-0.39, 0.29) is 23.8 Å². The van der Waals surface area contributed by atoms with E-state index in [1.165, 1.54) is 25.7 Å². The van der Waals surface area contributed by atoms with Crippen LogP contribution in [0.3, 0.4) is 0 Å². The number of amides is 2. The van der Waals surface area contributed by atoms with E-state index in [1.54, 1.807) is 0 Å². The summed E-state index contributed by atoms with van der Waals surface area (Å²) in [6.45, 7) is 9.12. The number of rotatable bonds is 5. The molecule has 168 valence electrons. The minimum Gasteiger partial charge on any atom is -0.450 e. The number of piperidine rings is 1. The lowest BCUT2D eigenvalue weighted by Gasteiger charge is -2.53. The monoisotopic (exact) mass is 419 g/mol. The summed E-state index contributed by atoms with van der Waals surface area (Å²) in [6.07, 6.45) is 8.66. The van der Waals surface area contributed by atoms with E-state index in [2.05, 4.69) is 11.8 Å². The normalized spacial score (nSPS) is 35.7. The van der Waals surface area contributed by atoms with Crippen molar-refractivity contribution in [3.8, 4) is 0 Å². The molecule has 5 rings (SSSR count). The predicted molar refractivity (Wildman–Crippen MR) is 112 cm³/mol. The minimum absolute atomic E-state index is 0.0743. The average Bonchev–Trinajstić information content (AvgIpc) is 3.34. The lowest BCUT2D eigenvalue weighted by atomic mass is 9.64. The Hall–Kier alpha value is -1.50.